The summed E-state index contributed by atoms with van der Waals surface area (Å²) in [7, 11) is -3.88. The molecule has 0 saturated carbocycles. The third-order valence-electron chi connectivity index (χ3n) is 4.06. The van der Waals surface area contributed by atoms with Crippen molar-refractivity contribution in [2.45, 2.75) is 23.8 Å². The standard InChI is InChI=1S/C13H16F2N2O2S/c14-10-3-4-13(12(15)8-10)20(18,19)17-7-6-16-5-1-2-11(16)9-17/h3-4,8,11H,1-2,5-7,9H2. The van der Waals surface area contributed by atoms with E-state index in [4.69, 9.17) is 0 Å². The van der Waals surface area contributed by atoms with Gasteiger partial charge in [0.25, 0.3) is 0 Å². The van der Waals surface area contributed by atoms with Gasteiger partial charge in [-0.3, -0.25) is 4.90 Å². The van der Waals surface area contributed by atoms with Crippen LogP contribution in [-0.4, -0.2) is 49.8 Å². The van der Waals surface area contributed by atoms with Crippen LogP contribution in [0.1, 0.15) is 12.8 Å². The van der Waals surface area contributed by atoms with Crippen LogP contribution in [0.4, 0.5) is 8.78 Å². The molecular weight excluding hydrogens is 286 g/mol. The van der Waals surface area contributed by atoms with Gasteiger partial charge in [0.1, 0.15) is 16.5 Å². The predicted octanol–water partition coefficient (Wildman–Crippen LogP) is 1.43. The first kappa shape index (κ1) is 13.9. The second-order valence-electron chi connectivity index (χ2n) is 5.27. The van der Waals surface area contributed by atoms with Crippen molar-refractivity contribution in [3.05, 3.63) is 29.8 Å². The van der Waals surface area contributed by atoms with E-state index in [0.717, 1.165) is 31.5 Å². The van der Waals surface area contributed by atoms with Gasteiger partial charge in [-0.15, -0.1) is 0 Å². The summed E-state index contributed by atoms with van der Waals surface area (Å²) in [6, 6.07) is 2.81. The molecule has 0 N–H and O–H groups in total. The van der Waals surface area contributed by atoms with Gasteiger partial charge in [0.2, 0.25) is 10.0 Å². The van der Waals surface area contributed by atoms with E-state index in [1.54, 1.807) is 0 Å². The number of rotatable bonds is 2. The molecule has 0 aromatic heterocycles. The van der Waals surface area contributed by atoms with Crippen molar-refractivity contribution in [3.63, 3.8) is 0 Å². The summed E-state index contributed by atoms with van der Waals surface area (Å²) in [5.74, 6) is -1.80. The first-order valence-corrected chi connectivity index (χ1v) is 8.12. The average molecular weight is 302 g/mol. The minimum Gasteiger partial charge on any atom is -0.298 e. The zero-order valence-electron chi connectivity index (χ0n) is 10.9. The molecule has 2 fully saturated rings. The van der Waals surface area contributed by atoms with Crippen molar-refractivity contribution in [1.82, 2.24) is 9.21 Å². The molecule has 20 heavy (non-hydrogen) atoms. The quantitative estimate of drug-likeness (QED) is 0.830. The molecule has 2 saturated heterocycles. The van der Waals surface area contributed by atoms with Crippen molar-refractivity contribution in [2.75, 3.05) is 26.2 Å². The molecule has 0 bridgehead atoms. The van der Waals surface area contributed by atoms with Gasteiger partial charge in [-0.05, 0) is 31.5 Å². The van der Waals surface area contributed by atoms with E-state index in [0.29, 0.717) is 25.7 Å². The van der Waals surface area contributed by atoms with Gasteiger partial charge in [0.15, 0.2) is 0 Å². The van der Waals surface area contributed by atoms with Crippen LogP contribution in [0.25, 0.3) is 0 Å². The van der Waals surface area contributed by atoms with Crippen LogP contribution >= 0.6 is 0 Å². The van der Waals surface area contributed by atoms with Crippen LogP contribution in [0.5, 0.6) is 0 Å². The van der Waals surface area contributed by atoms with E-state index >= 15 is 0 Å². The first-order valence-electron chi connectivity index (χ1n) is 6.68. The van der Waals surface area contributed by atoms with Gasteiger partial charge in [0, 0.05) is 31.7 Å². The number of hydrogen-bond acceptors (Lipinski definition) is 3. The van der Waals surface area contributed by atoms with Gasteiger partial charge >= 0.3 is 0 Å². The van der Waals surface area contributed by atoms with E-state index in [-0.39, 0.29) is 6.04 Å². The lowest BCUT2D eigenvalue weighted by Gasteiger charge is -2.36. The van der Waals surface area contributed by atoms with Crippen LogP contribution in [0.3, 0.4) is 0 Å². The summed E-state index contributed by atoms with van der Waals surface area (Å²) >= 11 is 0. The summed E-state index contributed by atoms with van der Waals surface area (Å²) < 4.78 is 52.8. The molecule has 0 amide bonds. The van der Waals surface area contributed by atoms with Gasteiger partial charge in [-0.1, -0.05) is 0 Å². The fourth-order valence-electron chi connectivity index (χ4n) is 3.00. The van der Waals surface area contributed by atoms with Crippen LogP contribution in [0, 0.1) is 11.6 Å². The molecule has 0 aliphatic carbocycles. The molecule has 2 aliphatic rings. The monoisotopic (exact) mass is 302 g/mol. The molecule has 0 radical (unpaired) electrons. The Hall–Kier alpha value is -1.05. The summed E-state index contributed by atoms with van der Waals surface area (Å²) in [5.41, 5.74) is 0. The number of piperazine rings is 1. The van der Waals surface area contributed by atoms with E-state index in [1.165, 1.54) is 4.31 Å². The highest BCUT2D eigenvalue weighted by Crippen LogP contribution is 2.27. The number of sulfonamides is 1. The second-order valence-corrected chi connectivity index (χ2v) is 7.18. The summed E-state index contributed by atoms with van der Waals surface area (Å²) in [5, 5.41) is 0. The normalized spacial score (nSPS) is 24.8. The Kier molecular flexibility index (Phi) is 3.51. The Morgan fingerprint density at radius 3 is 2.70 bits per heavy atom. The van der Waals surface area contributed by atoms with Gasteiger partial charge in [-0.2, -0.15) is 4.31 Å². The largest absolute Gasteiger partial charge is 0.298 e. The minimum absolute atomic E-state index is 0.224. The molecule has 2 heterocycles. The maximum Gasteiger partial charge on any atom is 0.246 e. The average Bonchev–Trinajstić information content (AvgIpc) is 2.85. The Balaban J connectivity index is 1.88. The van der Waals surface area contributed by atoms with Crippen molar-refractivity contribution in [1.29, 1.82) is 0 Å². The number of halogens is 2. The summed E-state index contributed by atoms with van der Waals surface area (Å²) in [4.78, 5) is 1.83. The fraction of sp³-hybridized carbons (Fsp3) is 0.538. The lowest BCUT2D eigenvalue weighted by molar-refractivity contribution is 0.158. The van der Waals surface area contributed by atoms with E-state index < -0.39 is 26.6 Å². The van der Waals surface area contributed by atoms with Crippen molar-refractivity contribution < 1.29 is 17.2 Å². The highest BCUT2D eigenvalue weighted by atomic mass is 32.2. The molecule has 1 unspecified atom stereocenters. The summed E-state index contributed by atoms with van der Waals surface area (Å²) in [6.45, 7) is 2.42. The van der Waals surface area contributed by atoms with Crippen molar-refractivity contribution in [2.24, 2.45) is 0 Å². The number of fused-ring (bicyclic) bond motifs is 1. The van der Waals surface area contributed by atoms with E-state index in [1.807, 2.05) is 0 Å². The van der Waals surface area contributed by atoms with Gasteiger partial charge in [-0.25, -0.2) is 17.2 Å². The Morgan fingerprint density at radius 2 is 1.95 bits per heavy atom. The van der Waals surface area contributed by atoms with Crippen molar-refractivity contribution in [3.8, 4) is 0 Å². The molecule has 2 aliphatic heterocycles. The highest BCUT2D eigenvalue weighted by Gasteiger charge is 2.37. The molecule has 0 spiro atoms. The lowest BCUT2D eigenvalue weighted by Crippen LogP contribution is -2.52. The minimum atomic E-state index is -3.88. The fourth-order valence-corrected chi connectivity index (χ4v) is 4.52. The van der Waals surface area contributed by atoms with Crippen molar-refractivity contribution >= 4 is 10.0 Å². The maximum atomic E-state index is 13.7. The van der Waals surface area contributed by atoms with Crippen LogP contribution in [0.2, 0.25) is 0 Å². The van der Waals surface area contributed by atoms with Gasteiger partial charge < -0.3 is 0 Å². The summed E-state index contributed by atoms with van der Waals surface area (Å²) in [6.07, 6.45) is 2.04. The third kappa shape index (κ3) is 2.34. The second kappa shape index (κ2) is 5.05. The SMILES string of the molecule is O=S(=O)(c1ccc(F)cc1F)N1CCN2CCCC2C1. The molecule has 110 valence electrons. The van der Waals surface area contributed by atoms with E-state index in [2.05, 4.69) is 4.90 Å². The van der Waals surface area contributed by atoms with Crippen LogP contribution in [0.15, 0.2) is 23.1 Å². The molecule has 1 aromatic carbocycles. The zero-order chi connectivity index (χ0) is 14.3. The maximum absolute atomic E-state index is 13.7. The first-order chi connectivity index (χ1) is 9.48. The smallest absolute Gasteiger partial charge is 0.246 e. The zero-order valence-corrected chi connectivity index (χ0v) is 11.7. The number of benzene rings is 1. The Morgan fingerprint density at radius 1 is 1.15 bits per heavy atom. The molecule has 7 heteroatoms. The predicted molar refractivity (Wildman–Crippen MR) is 69.7 cm³/mol. The van der Waals surface area contributed by atoms with Crippen LogP contribution < -0.4 is 0 Å². The Labute approximate surface area is 117 Å². The molecule has 1 aromatic rings. The van der Waals surface area contributed by atoms with E-state index in [9.17, 15) is 17.2 Å². The number of hydrogen-bond donors (Lipinski definition) is 0. The highest BCUT2D eigenvalue weighted by molar-refractivity contribution is 7.89. The molecule has 1 atom stereocenters. The topological polar surface area (TPSA) is 40.6 Å². The molecule has 4 nitrogen and oxygen atoms in total. The lowest BCUT2D eigenvalue weighted by atomic mass is 10.2. The molecule has 3 rings (SSSR count). The van der Waals surface area contributed by atoms with Gasteiger partial charge in [0.05, 0.1) is 0 Å². The third-order valence-corrected chi connectivity index (χ3v) is 5.96. The van der Waals surface area contributed by atoms with Crippen LogP contribution in [-0.2, 0) is 10.0 Å². The number of nitrogens with zero attached hydrogens (tertiary/aromatic N) is 2. The Bertz CT molecular complexity index is 621. The molecular formula is C13H16F2N2O2S.